The second kappa shape index (κ2) is 3.21. The van der Waals surface area contributed by atoms with Crippen LogP contribution in [-0.2, 0) is 6.42 Å². The first kappa shape index (κ1) is 8.31. The Morgan fingerprint density at radius 1 is 1.15 bits per heavy atom. The van der Waals surface area contributed by atoms with Crippen LogP contribution in [0, 0.1) is 0 Å². The highest BCUT2D eigenvalue weighted by Gasteiger charge is 2.08. The molecule has 0 unspecified atom stereocenters. The highest BCUT2D eigenvalue weighted by atomic mass is 14.1. The maximum absolute atomic E-state index is 2.24. The molecule has 0 radical (unpaired) electrons. The minimum Gasteiger partial charge on any atom is -0.0795 e. The fourth-order valence-electron chi connectivity index (χ4n) is 1.79. The van der Waals surface area contributed by atoms with Crippen LogP contribution >= 0.6 is 0 Å². The molecule has 1 aliphatic rings. The molecule has 0 amide bonds. The van der Waals surface area contributed by atoms with Crippen LogP contribution in [0.3, 0.4) is 0 Å². The van der Waals surface area contributed by atoms with Crippen molar-refractivity contribution < 1.29 is 0 Å². The summed E-state index contributed by atoms with van der Waals surface area (Å²) in [6, 6.07) is 8.64. The van der Waals surface area contributed by atoms with E-state index in [1.807, 2.05) is 0 Å². The summed E-state index contributed by atoms with van der Waals surface area (Å²) in [6.07, 6.45) is 5.55. The molecule has 0 heterocycles. The molecule has 0 nitrogen and oxygen atoms in total. The summed E-state index contributed by atoms with van der Waals surface area (Å²) in [4.78, 5) is 0. The molecular formula is C13H14. The average molecular weight is 170 g/mol. The molecular weight excluding hydrogens is 156 g/mol. The molecule has 0 aliphatic heterocycles. The van der Waals surface area contributed by atoms with E-state index in [0.29, 0.717) is 0 Å². The van der Waals surface area contributed by atoms with Gasteiger partial charge in [0.25, 0.3) is 0 Å². The summed E-state index contributed by atoms with van der Waals surface area (Å²) in [5.74, 6) is 0. The Labute approximate surface area is 79.6 Å². The van der Waals surface area contributed by atoms with Gasteiger partial charge in [0.2, 0.25) is 0 Å². The standard InChI is InChI=1S/C13H14/c1-10(2)12-9-5-7-11-6-3-4-8-13(11)12/h3-6,8-9H,7H2,1-2H3. The van der Waals surface area contributed by atoms with Crippen molar-refractivity contribution in [3.05, 3.63) is 53.1 Å². The SMILES string of the molecule is CC(C)=C1C=CCc2ccccc21. The predicted octanol–water partition coefficient (Wildman–Crippen LogP) is 3.59. The Morgan fingerprint density at radius 3 is 2.69 bits per heavy atom. The molecule has 0 N–H and O–H groups in total. The fraction of sp³-hybridized carbons (Fsp3) is 0.231. The van der Waals surface area contributed by atoms with Crippen LogP contribution in [0.25, 0.3) is 5.57 Å². The Balaban J connectivity index is 2.62. The van der Waals surface area contributed by atoms with Crippen LogP contribution in [0.1, 0.15) is 25.0 Å². The minimum atomic E-state index is 1.08. The van der Waals surface area contributed by atoms with E-state index in [-0.39, 0.29) is 0 Å². The topological polar surface area (TPSA) is 0 Å². The molecule has 0 bridgehead atoms. The molecule has 13 heavy (non-hydrogen) atoms. The van der Waals surface area contributed by atoms with Gasteiger partial charge >= 0.3 is 0 Å². The lowest BCUT2D eigenvalue weighted by atomic mass is 9.90. The van der Waals surface area contributed by atoms with Gasteiger partial charge in [-0.25, -0.2) is 0 Å². The summed E-state index contributed by atoms with van der Waals surface area (Å²) < 4.78 is 0. The van der Waals surface area contributed by atoms with Crippen molar-refractivity contribution in [2.75, 3.05) is 0 Å². The Bertz CT molecular complexity index is 377. The van der Waals surface area contributed by atoms with Gasteiger partial charge in [-0.05, 0) is 37.0 Å². The van der Waals surface area contributed by atoms with E-state index in [1.165, 1.54) is 22.3 Å². The van der Waals surface area contributed by atoms with Gasteiger partial charge in [0.15, 0.2) is 0 Å². The lowest BCUT2D eigenvalue weighted by molar-refractivity contribution is 1.21. The number of rotatable bonds is 0. The van der Waals surface area contributed by atoms with E-state index < -0.39 is 0 Å². The van der Waals surface area contributed by atoms with E-state index >= 15 is 0 Å². The van der Waals surface area contributed by atoms with Gasteiger partial charge in [-0.2, -0.15) is 0 Å². The van der Waals surface area contributed by atoms with Crippen LogP contribution in [0.5, 0.6) is 0 Å². The quantitative estimate of drug-likeness (QED) is 0.558. The molecule has 2 rings (SSSR count). The average Bonchev–Trinajstić information content (AvgIpc) is 2.17. The van der Waals surface area contributed by atoms with E-state index in [2.05, 4.69) is 50.3 Å². The maximum atomic E-state index is 2.24. The van der Waals surface area contributed by atoms with Gasteiger partial charge in [0.1, 0.15) is 0 Å². The number of hydrogen-bond donors (Lipinski definition) is 0. The molecule has 0 saturated heterocycles. The van der Waals surface area contributed by atoms with E-state index in [1.54, 1.807) is 0 Å². The van der Waals surface area contributed by atoms with Crippen LogP contribution in [0.4, 0.5) is 0 Å². The lowest BCUT2D eigenvalue weighted by Gasteiger charge is -2.14. The molecule has 1 aliphatic carbocycles. The fourth-order valence-corrected chi connectivity index (χ4v) is 1.79. The van der Waals surface area contributed by atoms with Crippen LogP contribution in [0.2, 0.25) is 0 Å². The minimum absolute atomic E-state index is 1.08. The molecule has 0 saturated carbocycles. The van der Waals surface area contributed by atoms with E-state index in [0.717, 1.165) is 6.42 Å². The molecule has 0 aromatic heterocycles. The molecule has 0 spiro atoms. The highest BCUT2D eigenvalue weighted by Crippen LogP contribution is 2.27. The van der Waals surface area contributed by atoms with Gasteiger partial charge < -0.3 is 0 Å². The first-order valence-electron chi connectivity index (χ1n) is 4.71. The molecule has 0 atom stereocenters. The zero-order valence-corrected chi connectivity index (χ0v) is 8.17. The van der Waals surface area contributed by atoms with Gasteiger partial charge in [-0.15, -0.1) is 0 Å². The summed E-state index contributed by atoms with van der Waals surface area (Å²) in [5.41, 5.74) is 5.64. The van der Waals surface area contributed by atoms with Crippen molar-refractivity contribution in [2.45, 2.75) is 20.3 Å². The van der Waals surface area contributed by atoms with E-state index in [9.17, 15) is 0 Å². The van der Waals surface area contributed by atoms with Gasteiger partial charge in [-0.1, -0.05) is 42.0 Å². The molecule has 66 valence electrons. The molecule has 0 heteroatoms. The largest absolute Gasteiger partial charge is 0.0795 e. The number of hydrogen-bond acceptors (Lipinski definition) is 0. The summed E-state index contributed by atoms with van der Waals surface area (Å²) in [6.45, 7) is 4.34. The van der Waals surface area contributed by atoms with Gasteiger partial charge in [-0.3, -0.25) is 0 Å². The second-order valence-electron chi connectivity index (χ2n) is 3.68. The highest BCUT2D eigenvalue weighted by molar-refractivity contribution is 5.79. The van der Waals surface area contributed by atoms with Gasteiger partial charge in [0.05, 0.1) is 0 Å². The Morgan fingerprint density at radius 2 is 1.92 bits per heavy atom. The number of fused-ring (bicyclic) bond motifs is 1. The first-order chi connectivity index (χ1) is 6.29. The number of benzene rings is 1. The summed E-state index contributed by atoms with van der Waals surface area (Å²) in [7, 11) is 0. The molecule has 1 aromatic carbocycles. The Hall–Kier alpha value is -1.30. The third-order valence-corrected chi connectivity index (χ3v) is 2.47. The molecule has 0 fully saturated rings. The van der Waals surface area contributed by atoms with Crippen LogP contribution in [-0.4, -0.2) is 0 Å². The van der Waals surface area contributed by atoms with Crippen LogP contribution in [0.15, 0.2) is 42.0 Å². The first-order valence-corrected chi connectivity index (χ1v) is 4.71. The summed E-state index contributed by atoms with van der Waals surface area (Å²) in [5, 5.41) is 0. The zero-order valence-electron chi connectivity index (χ0n) is 8.17. The predicted molar refractivity (Wildman–Crippen MR) is 57.6 cm³/mol. The van der Waals surface area contributed by atoms with Gasteiger partial charge in [0, 0.05) is 0 Å². The van der Waals surface area contributed by atoms with Crippen molar-refractivity contribution in [1.29, 1.82) is 0 Å². The van der Waals surface area contributed by atoms with E-state index in [4.69, 9.17) is 0 Å². The molecule has 1 aromatic rings. The second-order valence-corrected chi connectivity index (χ2v) is 3.68. The van der Waals surface area contributed by atoms with Crippen molar-refractivity contribution in [1.82, 2.24) is 0 Å². The third kappa shape index (κ3) is 1.44. The maximum Gasteiger partial charge on any atom is -0.00880 e. The smallest absolute Gasteiger partial charge is 0.00880 e. The van der Waals surface area contributed by atoms with Crippen LogP contribution < -0.4 is 0 Å². The van der Waals surface area contributed by atoms with Crippen molar-refractivity contribution in [3.63, 3.8) is 0 Å². The lowest BCUT2D eigenvalue weighted by Crippen LogP contribution is -1.96. The van der Waals surface area contributed by atoms with Crippen molar-refractivity contribution >= 4 is 5.57 Å². The Kier molecular flexibility index (Phi) is 2.05. The zero-order chi connectivity index (χ0) is 9.26. The van der Waals surface area contributed by atoms with Crippen molar-refractivity contribution in [3.8, 4) is 0 Å². The third-order valence-electron chi connectivity index (χ3n) is 2.47. The number of allylic oxidation sites excluding steroid dienone is 4. The normalized spacial score (nSPS) is 14.2. The monoisotopic (exact) mass is 170 g/mol. The van der Waals surface area contributed by atoms with Crippen molar-refractivity contribution in [2.24, 2.45) is 0 Å². The summed E-state index contributed by atoms with van der Waals surface area (Å²) >= 11 is 0.